The maximum absolute atomic E-state index is 13.1. The molecule has 0 atom stereocenters. The first kappa shape index (κ1) is 18.5. The molecule has 0 aliphatic rings. The van der Waals surface area contributed by atoms with E-state index in [9.17, 15) is 13.2 Å². The molecule has 5 nitrogen and oxygen atoms in total. The third-order valence-corrected chi connectivity index (χ3v) is 6.23. The quantitative estimate of drug-likeness (QED) is 0.669. The van der Waals surface area contributed by atoms with Crippen molar-refractivity contribution >= 4 is 21.4 Å². The van der Waals surface area contributed by atoms with Gasteiger partial charge in [0.25, 0.3) is 0 Å². The number of imidazole rings is 1. The van der Waals surface area contributed by atoms with Crippen LogP contribution in [0.15, 0.2) is 69.4 Å². The summed E-state index contributed by atoms with van der Waals surface area (Å²) in [4.78, 5) is 12.8. The number of nitrogens with zero attached hydrogens (tertiary/aromatic N) is 2. The van der Waals surface area contributed by atoms with E-state index in [2.05, 4.69) is 0 Å². The number of rotatable bonds is 5. The number of sulfone groups is 1. The van der Waals surface area contributed by atoms with Crippen molar-refractivity contribution in [1.82, 2.24) is 9.13 Å². The monoisotopic (exact) mass is 390 g/mol. The first-order chi connectivity index (χ1) is 12.3. The van der Waals surface area contributed by atoms with Crippen LogP contribution < -0.4 is 5.69 Å². The molecule has 0 spiro atoms. The molecular formula is C19H19ClN2O3S. The van der Waals surface area contributed by atoms with Gasteiger partial charge in [0.15, 0.2) is 5.03 Å². The van der Waals surface area contributed by atoms with E-state index < -0.39 is 9.84 Å². The molecule has 0 aliphatic heterocycles. The van der Waals surface area contributed by atoms with Crippen LogP contribution in [0.25, 0.3) is 0 Å². The summed E-state index contributed by atoms with van der Waals surface area (Å²) < 4.78 is 28.9. The molecule has 0 unspecified atom stereocenters. The Morgan fingerprint density at radius 3 is 2.19 bits per heavy atom. The highest BCUT2D eigenvalue weighted by atomic mass is 35.5. The van der Waals surface area contributed by atoms with Crippen LogP contribution in [0.4, 0.5) is 0 Å². The van der Waals surface area contributed by atoms with Crippen molar-refractivity contribution in [2.24, 2.45) is 0 Å². The zero-order chi connectivity index (χ0) is 18.9. The highest BCUT2D eigenvalue weighted by molar-refractivity contribution is 7.91. The van der Waals surface area contributed by atoms with Crippen LogP contribution >= 0.6 is 11.6 Å². The number of hydrogen-bond acceptors (Lipinski definition) is 3. The summed E-state index contributed by atoms with van der Waals surface area (Å²) in [6.07, 6.45) is 1.41. The van der Waals surface area contributed by atoms with E-state index >= 15 is 0 Å². The van der Waals surface area contributed by atoms with E-state index in [1.807, 2.05) is 6.92 Å². The molecule has 0 saturated heterocycles. The highest BCUT2D eigenvalue weighted by Gasteiger charge is 2.25. The summed E-state index contributed by atoms with van der Waals surface area (Å²) in [5.74, 6) is 0. The van der Waals surface area contributed by atoms with Crippen molar-refractivity contribution in [2.75, 3.05) is 0 Å². The second-order valence-corrected chi connectivity index (χ2v) is 8.40. The molecule has 2 aromatic carbocycles. The van der Waals surface area contributed by atoms with Gasteiger partial charge in [-0.05, 0) is 43.7 Å². The lowest BCUT2D eigenvalue weighted by Gasteiger charge is -2.09. The molecular weight excluding hydrogens is 372 g/mol. The summed E-state index contributed by atoms with van der Waals surface area (Å²) in [6, 6.07) is 13.6. The summed E-state index contributed by atoms with van der Waals surface area (Å²) in [5.41, 5.74) is 1.41. The fourth-order valence-electron chi connectivity index (χ4n) is 2.70. The normalized spacial score (nSPS) is 11.7. The summed E-state index contributed by atoms with van der Waals surface area (Å²) in [7, 11) is -3.81. The number of hydrogen-bond donors (Lipinski definition) is 0. The highest BCUT2D eigenvalue weighted by Crippen LogP contribution is 2.21. The smallest absolute Gasteiger partial charge is 0.298 e. The minimum atomic E-state index is -3.81. The van der Waals surface area contributed by atoms with Crippen molar-refractivity contribution in [2.45, 2.75) is 36.9 Å². The van der Waals surface area contributed by atoms with Crippen LogP contribution in [0, 0.1) is 6.92 Å². The molecule has 0 aliphatic carbocycles. The van der Waals surface area contributed by atoms with Gasteiger partial charge in [-0.3, -0.25) is 9.13 Å². The lowest BCUT2D eigenvalue weighted by Crippen LogP contribution is -2.26. The predicted octanol–water partition coefficient (Wildman–Crippen LogP) is 3.51. The van der Waals surface area contributed by atoms with Gasteiger partial charge in [-0.2, -0.15) is 0 Å². The van der Waals surface area contributed by atoms with Crippen LogP contribution in [-0.2, 0) is 22.9 Å². The molecule has 0 amide bonds. The average molecular weight is 391 g/mol. The van der Waals surface area contributed by atoms with Gasteiger partial charge >= 0.3 is 5.69 Å². The van der Waals surface area contributed by atoms with Gasteiger partial charge in [-0.25, -0.2) is 13.2 Å². The molecule has 0 radical (unpaired) electrons. The summed E-state index contributed by atoms with van der Waals surface area (Å²) >= 11 is 5.90. The molecule has 26 heavy (non-hydrogen) atoms. The lowest BCUT2D eigenvalue weighted by molar-refractivity contribution is 0.577. The topological polar surface area (TPSA) is 61.1 Å². The van der Waals surface area contributed by atoms with Crippen LogP contribution in [0.2, 0.25) is 5.02 Å². The predicted molar refractivity (Wildman–Crippen MR) is 102 cm³/mol. The van der Waals surface area contributed by atoms with Gasteiger partial charge in [-0.1, -0.05) is 41.4 Å². The molecule has 7 heteroatoms. The number of aromatic nitrogens is 2. The Labute approximate surface area is 157 Å². The van der Waals surface area contributed by atoms with E-state index in [0.717, 1.165) is 11.1 Å². The van der Waals surface area contributed by atoms with Crippen molar-refractivity contribution in [1.29, 1.82) is 0 Å². The fraction of sp³-hybridized carbons (Fsp3) is 0.211. The first-order valence-corrected chi connectivity index (χ1v) is 10.0. The lowest BCUT2D eigenvalue weighted by atomic mass is 10.2. The maximum atomic E-state index is 13.1. The zero-order valence-electron chi connectivity index (χ0n) is 14.5. The van der Waals surface area contributed by atoms with Crippen LogP contribution in [0.3, 0.4) is 0 Å². The SMILES string of the molecule is CCn1cc(S(=O)(=O)c2ccc(C)cc2)n(Cc2ccc(Cl)cc2)c1=O. The minimum Gasteiger partial charge on any atom is -0.298 e. The average Bonchev–Trinajstić information content (AvgIpc) is 2.94. The van der Waals surface area contributed by atoms with Gasteiger partial charge in [0.2, 0.25) is 9.84 Å². The number of benzene rings is 2. The zero-order valence-corrected chi connectivity index (χ0v) is 16.1. The Morgan fingerprint density at radius 2 is 1.62 bits per heavy atom. The van der Waals surface area contributed by atoms with Crippen LogP contribution in [-0.4, -0.2) is 17.6 Å². The molecule has 1 aromatic heterocycles. The molecule has 136 valence electrons. The maximum Gasteiger partial charge on any atom is 0.329 e. The van der Waals surface area contributed by atoms with Crippen molar-refractivity contribution in [3.8, 4) is 0 Å². The van der Waals surface area contributed by atoms with Gasteiger partial charge in [0.1, 0.15) is 0 Å². The van der Waals surface area contributed by atoms with Gasteiger partial charge in [0, 0.05) is 17.8 Å². The van der Waals surface area contributed by atoms with E-state index in [4.69, 9.17) is 11.6 Å². The Bertz CT molecular complexity index is 1080. The van der Waals surface area contributed by atoms with Gasteiger partial charge in [0.05, 0.1) is 11.4 Å². The Morgan fingerprint density at radius 1 is 1.00 bits per heavy atom. The number of aryl methyl sites for hydroxylation is 2. The molecule has 0 bridgehead atoms. The first-order valence-electron chi connectivity index (χ1n) is 8.19. The Kier molecular flexibility index (Phi) is 5.07. The second kappa shape index (κ2) is 7.13. The van der Waals surface area contributed by atoms with E-state index in [0.29, 0.717) is 11.6 Å². The second-order valence-electron chi connectivity index (χ2n) is 6.07. The van der Waals surface area contributed by atoms with Crippen LogP contribution in [0.1, 0.15) is 18.1 Å². The largest absolute Gasteiger partial charge is 0.329 e. The Hall–Kier alpha value is -2.31. The molecule has 0 N–H and O–H groups in total. The van der Waals surface area contributed by atoms with Crippen LogP contribution in [0.5, 0.6) is 0 Å². The standard InChI is InChI=1S/C19H19ClN2O3S/c1-3-21-13-18(26(24,25)17-10-4-14(2)5-11-17)22(19(21)23)12-15-6-8-16(20)9-7-15/h4-11,13H,3,12H2,1-2H3. The van der Waals surface area contributed by atoms with Crippen molar-refractivity contribution < 1.29 is 8.42 Å². The summed E-state index contributed by atoms with van der Waals surface area (Å²) in [5, 5.41) is 0.572. The third-order valence-electron chi connectivity index (χ3n) is 4.21. The third kappa shape index (κ3) is 3.48. The van der Waals surface area contributed by atoms with Crippen molar-refractivity contribution in [3.05, 3.63) is 81.4 Å². The molecule has 0 fully saturated rings. The molecule has 0 saturated carbocycles. The van der Waals surface area contributed by atoms with E-state index in [1.165, 1.54) is 15.3 Å². The molecule has 3 rings (SSSR count). The van der Waals surface area contributed by atoms with E-state index in [-0.39, 0.29) is 22.2 Å². The van der Waals surface area contributed by atoms with E-state index in [1.54, 1.807) is 55.5 Å². The summed E-state index contributed by atoms with van der Waals surface area (Å²) in [6.45, 7) is 4.24. The van der Waals surface area contributed by atoms with Crippen molar-refractivity contribution in [3.63, 3.8) is 0 Å². The molecule has 3 aromatic rings. The fourth-order valence-corrected chi connectivity index (χ4v) is 4.27. The minimum absolute atomic E-state index is 0.0110. The molecule has 1 heterocycles. The Balaban J connectivity index is 2.13. The van der Waals surface area contributed by atoms with Gasteiger partial charge < -0.3 is 0 Å². The number of halogens is 1. The van der Waals surface area contributed by atoms with Gasteiger partial charge in [-0.15, -0.1) is 0 Å².